The number of likely N-dealkylation sites (tertiary alicyclic amines) is 1. The molecule has 0 aliphatic carbocycles. The lowest BCUT2D eigenvalue weighted by Gasteiger charge is -2.35. The molecule has 0 aromatic heterocycles. The van der Waals surface area contributed by atoms with Crippen molar-refractivity contribution in [2.75, 3.05) is 19.6 Å². The molecule has 5 nitrogen and oxygen atoms in total. The SMILES string of the molecule is CC1CC(C)CN(Cc2ccccc2CNC(=O)CCNC(=O)c2ccccc2)C1. The van der Waals surface area contributed by atoms with Crippen LogP contribution in [0.1, 0.15) is 48.2 Å². The zero-order valence-corrected chi connectivity index (χ0v) is 18.1. The van der Waals surface area contributed by atoms with Crippen molar-refractivity contribution < 1.29 is 9.59 Å². The molecule has 5 heteroatoms. The monoisotopic (exact) mass is 407 g/mol. The maximum Gasteiger partial charge on any atom is 0.251 e. The fourth-order valence-corrected chi connectivity index (χ4v) is 4.31. The second-order valence-corrected chi connectivity index (χ2v) is 8.56. The number of rotatable bonds is 8. The summed E-state index contributed by atoms with van der Waals surface area (Å²) in [6.45, 7) is 8.67. The average molecular weight is 408 g/mol. The third kappa shape index (κ3) is 6.70. The first-order valence-electron chi connectivity index (χ1n) is 10.9. The van der Waals surface area contributed by atoms with Crippen LogP contribution in [-0.4, -0.2) is 36.3 Å². The van der Waals surface area contributed by atoms with Crippen molar-refractivity contribution in [1.82, 2.24) is 15.5 Å². The molecule has 0 saturated carbocycles. The molecule has 1 heterocycles. The van der Waals surface area contributed by atoms with Gasteiger partial charge in [0.15, 0.2) is 0 Å². The molecule has 2 atom stereocenters. The zero-order chi connectivity index (χ0) is 21.3. The van der Waals surface area contributed by atoms with E-state index in [0.29, 0.717) is 18.7 Å². The number of hydrogen-bond acceptors (Lipinski definition) is 3. The Labute approximate surface area is 179 Å². The molecule has 2 aromatic carbocycles. The number of benzene rings is 2. The largest absolute Gasteiger partial charge is 0.352 e. The molecule has 1 saturated heterocycles. The highest BCUT2D eigenvalue weighted by Crippen LogP contribution is 2.23. The molecule has 1 fully saturated rings. The van der Waals surface area contributed by atoms with Crippen molar-refractivity contribution >= 4 is 11.8 Å². The summed E-state index contributed by atoms with van der Waals surface area (Å²) in [4.78, 5) is 26.8. The first kappa shape index (κ1) is 22.0. The summed E-state index contributed by atoms with van der Waals surface area (Å²) in [6, 6.07) is 17.4. The molecule has 2 amide bonds. The van der Waals surface area contributed by atoms with Gasteiger partial charge in [-0.2, -0.15) is 0 Å². The van der Waals surface area contributed by atoms with Crippen molar-refractivity contribution in [1.29, 1.82) is 0 Å². The van der Waals surface area contributed by atoms with Crippen LogP contribution in [0.3, 0.4) is 0 Å². The van der Waals surface area contributed by atoms with E-state index in [0.717, 1.165) is 37.0 Å². The zero-order valence-electron chi connectivity index (χ0n) is 18.1. The van der Waals surface area contributed by atoms with E-state index in [1.54, 1.807) is 12.1 Å². The first-order valence-corrected chi connectivity index (χ1v) is 10.9. The summed E-state index contributed by atoms with van der Waals surface area (Å²) >= 11 is 0. The van der Waals surface area contributed by atoms with Gasteiger partial charge in [-0.15, -0.1) is 0 Å². The molecule has 2 unspecified atom stereocenters. The minimum absolute atomic E-state index is 0.0571. The summed E-state index contributed by atoms with van der Waals surface area (Å²) in [7, 11) is 0. The van der Waals surface area contributed by atoms with Crippen LogP contribution >= 0.6 is 0 Å². The number of hydrogen-bond donors (Lipinski definition) is 2. The number of amides is 2. The molecule has 0 spiro atoms. The Morgan fingerprint density at radius 3 is 2.23 bits per heavy atom. The minimum atomic E-state index is -0.154. The van der Waals surface area contributed by atoms with Crippen LogP contribution in [0.15, 0.2) is 54.6 Å². The Morgan fingerprint density at radius 1 is 0.900 bits per heavy atom. The predicted octanol–water partition coefficient (Wildman–Crippen LogP) is 3.60. The quantitative estimate of drug-likeness (QED) is 0.703. The highest BCUT2D eigenvalue weighted by molar-refractivity contribution is 5.94. The average Bonchev–Trinajstić information content (AvgIpc) is 2.73. The second kappa shape index (κ2) is 10.9. The molecule has 0 bridgehead atoms. The maximum absolute atomic E-state index is 12.2. The van der Waals surface area contributed by atoms with Gasteiger partial charge >= 0.3 is 0 Å². The van der Waals surface area contributed by atoms with E-state index >= 15 is 0 Å². The van der Waals surface area contributed by atoms with Crippen LogP contribution in [0.25, 0.3) is 0 Å². The van der Waals surface area contributed by atoms with E-state index in [4.69, 9.17) is 0 Å². The van der Waals surface area contributed by atoms with E-state index in [-0.39, 0.29) is 18.2 Å². The predicted molar refractivity (Wildman–Crippen MR) is 120 cm³/mol. The van der Waals surface area contributed by atoms with Gasteiger partial charge in [0.25, 0.3) is 5.91 Å². The van der Waals surface area contributed by atoms with Gasteiger partial charge in [-0.3, -0.25) is 14.5 Å². The molecule has 160 valence electrons. The maximum atomic E-state index is 12.2. The van der Waals surface area contributed by atoms with Gasteiger partial charge < -0.3 is 10.6 Å². The Hall–Kier alpha value is -2.66. The third-order valence-electron chi connectivity index (χ3n) is 5.61. The first-order chi connectivity index (χ1) is 14.5. The highest BCUT2D eigenvalue weighted by atomic mass is 16.2. The van der Waals surface area contributed by atoms with Gasteiger partial charge in [-0.25, -0.2) is 0 Å². The van der Waals surface area contributed by atoms with Gasteiger partial charge in [-0.1, -0.05) is 56.3 Å². The van der Waals surface area contributed by atoms with Crippen LogP contribution in [0, 0.1) is 11.8 Å². The molecule has 2 N–H and O–H groups in total. The summed E-state index contributed by atoms with van der Waals surface area (Å²) in [6.07, 6.45) is 1.57. The summed E-state index contributed by atoms with van der Waals surface area (Å²) in [5.74, 6) is 1.25. The molecular weight excluding hydrogens is 374 g/mol. The molecule has 2 aromatic rings. The molecule has 1 aliphatic rings. The Balaban J connectivity index is 1.45. The van der Waals surface area contributed by atoms with E-state index < -0.39 is 0 Å². The van der Waals surface area contributed by atoms with E-state index in [1.165, 1.54) is 12.0 Å². The van der Waals surface area contributed by atoms with Crippen LogP contribution in [-0.2, 0) is 17.9 Å². The number of nitrogens with one attached hydrogen (secondary N) is 2. The smallest absolute Gasteiger partial charge is 0.251 e. The molecular formula is C25H33N3O2. The van der Waals surface area contributed by atoms with Crippen LogP contribution in [0.5, 0.6) is 0 Å². The fourth-order valence-electron chi connectivity index (χ4n) is 4.31. The van der Waals surface area contributed by atoms with E-state index in [1.807, 2.05) is 24.3 Å². The Morgan fingerprint density at radius 2 is 1.53 bits per heavy atom. The lowest BCUT2D eigenvalue weighted by Crippen LogP contribution is -2.38. The lowest BCUT2D eigenvalue weighted by molar-refractivity contribution is -0.121. The van der Waals surface area contributed by atoms with Crippen molar-refractivity contribution in [2.45, 2.75) is 39.8 Å². The standard InChI is InChI=1S/C25H33N3O2/c1-19-14-20(2)17-28(16-19)18-23-11-7-6-10-22(23)15-27-24(29)12-13-26-25(30)21-8-4-3-5-9-21/h3-11,19-20H,12-18H2,1-2H3,(H,26,30)(H,27,29). The Bertz CT molecular complexity index is 827. The van der Waals surface area contributed by atoms with Crippen LogP contribution < -0.4 is 10.6 Å². The normalized spacial score (nSPS) is 19.3. The Kier molecular flexibility index (Phi) is 8.03. The molecule has 0 radical (unpaired) electrons. The molecule has 30 heavy (non-hydrogen) atoms. The van der Waals surface area contributed by atoms with Gasteiger partial charge in [0, 0.05) is 44.7 Å². The molecule has 3 rings (SSSR count). The number of nitrogens with zero attached hydrogens (tertiary/aromatic N) is 1. The van der Waals surface area contributed by atoms with E-state index in [9.17, 15) is 9.59 Å². The number of piperidine rings is 1. The number of carbonyl (C=O) groups excluding carboxylic acids is 2. The fraction of sp³-hybridized carbons (Fsp3) is 0.440. The van der Waals surface area contributed by atoms with Crippen LogP contribution in [0.2, 0.25) is 0 Å². The van der Waals surface area contributed by atoms with Gasteiger partial charge in [0.05, 0.1) is 0 Å². The molecule has 1 aliphatic heterocycles. The van der Waals surface area contributed by atoms with E-state index in [2.05, 4.69) is 47.6 Å². The van der Waals surface area contributed by atoms with Crippen molar-refractivity contribution in [3.63, 3.8) is 0 Å². The van der Waals surface area contributed by atoms with Gasteiger partial charge in [0.2, 0.25) is 5.91 Å². The van der Waals surface area contributed by atoms with Crippen LogP contribution in [0.4, 0.5) is 0 Å². The third-order valence-corrected chi connectivity index (χ3v) is 5.61. The lowest BCUT2D eigenvalue weighted by atomic mass is 9.91. The number of carbonyl (C=O) groups is 2. The summed E-state index contributed by atoms with van der Waals surface area (Å²) in [5.41, 5.74) is 3.04. The highest BCUT2D eigenvalue weighted by Gasteiger charge is 2.22. The summed E-state index contributed by atoms with van der Waals surface area (Å²) < 4.78 is 0. The van der Waals surface area contributed by atoms with Crippen molar-refractivity contribution in [2.24, 2.45) is 11.8 Å². The summed E-state index contributed by atoms with van der Waals surface area (Å²) in [5, 5.41) is 5.79. The van der Waals surface area contributed by atoms with Gasteiger partial charge in [-0.05, 0) is 41.5 Å². The van der Waals surface area contributed by atoms with Gasteiger partial charge in [0.1, 0.15) is 0 Å². The van der Waals surface area contributed by atoms with Crippen molar-refractivity contribution in [3.05, 3.63) is 71.3 Å². The van der Waals surface area contributed by atoms with Crippen molar-refractivity contribution in [3.8, 4) is 0 Å². The second-order valence-electron chi connectivity index (χ2n) is 8.56. The minimum Gasteiger partial charge on any atom is -0.352 e. The topological polar surface area (TPSA) is 61.4 Å².